The van der Waals surface area contributed by atoms with Crippen LogP contribution in [0.1, 0.15) is 19.0 Å². The van der Waals surface area contributed by atoms with Crippen molar-refractivity contribution in [3.8, 4) is 5.69 Å². The van der Waals surface area contributed by atoms with E-state index in [1.165, 1.54) is 6.20 Å². The minimum Gasteiger partial charge on any atom is -0.311 e. The van der Waals surface area contributed by atoms with Crippen molar-refractivity contribution in [1.29, 1.82) is 0 Å². The van der Waals surface area contributed by atoms with Gasteiger partial charge in [-0.2, -0.15) is 0 Å². The SMILES string of the molecule is CCCNCc1cnnn1-c1ccc(F)c(F)c1F. The molecule has 0 aliphatic heterocycles. The van der Waals surface area contributed by atoms with Crippen LogP contribution in [-0.4, -0.2) is 21.5 Å². The van der Waals surface area contributed by atoms with E-state index in [9.17, 15) is 13.2 Å². The average molecular weight is 270 g/mol. The van der Waals surface area contributed by atoms with E-state index >= 15 is 0 Å². The molecule has 0 aliphatic rings. The maximum atomic E-state index is 13.7. The Morgan fingerprint density at radius 1 is 1.21 bits per heavy atom. The molecule has 0 atom stereocenters. The van der Waals surface area contributed by atoms with E-state index < -0.39 is 17.5 Å². The summed E-state index contributed by atoms with van der Waals surface area (Å²) in [6.45, 7) is 3.21. The summed E-state index contributed by atoms with van der Waals surface area (Å²) in [5, 5.41) is 10.5. The third-order valence-corrected chi connectivity index (χ3v) is 2.60. The first kappa shape index (κ1) is 13.5. The van der Waals surface area contributed by atoms with Gasteiger partial charge in [0.15, 0.2) is 17.5 Å². The molecule has 102 valence electrons. The maximum absolute atomic E-state index is 13.7. The Balaban J connectivity index is 2.32. The maximum Gasteiger partial charge on any atom is 0.196 e. The van der Waals surface area contributed by atoms with Crippen molar-refractivity contribution in [3.63, 3.8) is 0 Å². The van der Waals surface area contributed by atoms with Gasteiger partial charge in [-0.05, 0) is 25.1 Å². The second kappa shape index (κ2) is 5.83. The van der Waals surface area contributed by atoms with Crippen molar-refractivity contribution in [2.24, 2.45) is 0 Å². The lowest BCUT2D eigenvalue weighted by Crippen LogP contribution is -2.17. The number of benzene rings is 1. The van der Waals surface area contributed by atoms with Gasteiger partial charge in [0.1, 0.15) is 5.69 Å². The predicted octanol–water partition coefficient (Wildman–Crippen LogP) is 2.18. The van der Waals surface area contributed by atoms with Crippen LogP contribution in [0.2, 0.25) is 0 Å². The molecule has 0 bridgehead atoms. The molecule has 1 aromatic heterocycles. The highest BCUT2D eigenvalue weighted by Crippen LogP contribution is 2.19. The molecule has 2 rings (SSSR count). The smallest absolute Gasteiger partial charge is 0.196 e. The Morgan fingerprint density at radius 3 is 2.74 bits per heavy atom. The summed E-state index contributed by atoms with van der Waals surface area (Å²) in [5.74, 6) is -4.02. The monoisotopic (exact) mass is 270 g/mol. The zero-order valence-electron chi connectivity index (χ0n) is 10.3. The first-order chi connectivity index (χ1) is 9.15. The van der Waals surface area contributed by atoms with Gasteiger partial charge in [0, 0.05) is 6.54 Å². The summed E-state index contributed by atoms with van der Waals surface area (Å²) in [6.07, 6.45) is 2.39. The van der Waals surface area contributed by atoms with E-state index in [2.05, 4.69) is 15.6 Å². The van der Waals surface area contributed by atoms with Crippen LogP contribution in [0.4, 0.5) is 13.2 Å². The van der Waals surface area contributed by atoms with Gasteiger partial charge in [0.05, 0.1) is 11.9 Å². The lowest BCUT2D eigenvalue weighted by molar-refractivity contribution is 0.441. The highest BCUT2D eigenvalue weighted by atomic mass is 19.2. The van der Waals surface area contributed by atoms with E-state index in [-0.39, 0.29) is 5.69 Å². The van der Waals surface area contributed by atoms with Crippen LogP contribution in [0.3, 0.4) is 0 Å². The molecule has 0 amide bonds. The van der Waals surface area contributed by atoms with E-state index in [1.54, 1.807) is 0 Å². The van der Waals surface area contributed by atoms with E-state index in [0.717, 1.165) is 29.8 Å². The third kappa shape index (κ3) is 2.76. The number of hydrogen-bond acceptors (Lipinski definition) is 3. The molecule has 0 saturated heterocycles. The molecule has 0 spiro atoms. The van der Waals surface area contributed by atoms with Crippen molar-refractivity contribution < 1.29 is 13.2 Å². The van der Waals surface area contributed by atoms with E-state index in [1.807, 2.05) is 6.92 Å². The summed E-state index contributed by atoms with van der Waals surface area (Å²) in [7, 11) is 0. The summed E-state index contributed by atoms with van der Waals surface area (Å²) in [5.41, 5.74) is 0.406. The Bertz CT molecular complexity index is 568. The summed E-state index contributed by atoms with van der Waals surface area (Å²) >= 11 is 0. The fourth-order valence-electron chi connectivity index (χ4n) is 1.65. The van der Waals surface area contributed by atoms with Crippen LogP contribution in [0.5, 0.6) is 0 Å². The first-order valence-electron chi connectivity index (χ1n) is 5.89. The van der Waals surface area contributed by atoms with Crippen LogP contribution in [-0.2, 0) is 6.54 Å². The number of halogens is 3. The number of nitrogens with zero attached hydrogens (tertiary/aromatic N) is 3. The zero-order chi connectivity index (χ0) is 13.8. The fourth-order valence-corrected chi connectivity index (χ4v) is 1.65. The lowest BCUT2D eigenvalue weighted by atomic mass is 10.2. The molecule has 4 nitrogen and oxygen atoms in total. The van der Waals surface area contributed by atoms with Crippen LogP contribution in [0.15, 0.2) is 18.3 Å². The molecule has 1 N–H and O–H groups in total. The standard InChI is InChI=1S/C12H13F3N4/c1-2-5-16-6-8-7-17-18-19(8)10-4-3-9(13)11(14)12(10)15/h3-4,7,16H,2,5-6H2,1H3. The largest absolute Gasteiger partial charge is 0.311 e. The molecular weight excluding hydrogens is 257 g/mol. The number of rotatable bonds is 5. The van der Waals surface area contributed by atoms with Gasteiger partial charge >= 0.3 is 0 Å². The van der Waals surface area contributed by atoms with Gasteiger partial charge in [-0.1, -0.05) is 12.1 Å². The van der Waals surface area contributed by atoms with Gasteiger partial charge in [0.25, 0.3) is 0 Å². The Hall–Kier alpha value is -1.89. The van der Waals surface area contributed by atoms with Gasteiger partial charge in [-0.3, -0.25) is 0 Å². The van der Waals surface area contributed by atoms with Crippen molar-refractivity contribution >= 4 is 0 Å². The molecule has 1 aromatic carbocycles. The summed E-state index contributed by atoms with van der Waals surface area (Å²) in [4.78, 5) is 0. The molecule has 7 heteroatoms. The second-order valence-electron chi connectivity index (χ2n) is 4.01. The van der Waals surface area contributed by atoms with E-state index in [0.29, 0.717) is 12.2 Å². The highest BCUT2D eigenvalue weighted by Gasteiger charge is 2.17. The van der Waals surface area contributed by atoms with Crippen molar-refractivity contribution in [3.05, 3.63) is 41.5 Å². The molecule has 0 radical (unpaired) electrons. The minimum absolute atomic E-state index is 0.162. The molecule has 0 unspecified atom stereocenters. The van der Waals surface area contributed by atoms with Gasteiger partial charge in [-0.25, -0.2) is 17.9 Å². The third-order valence-electron chi connectivity index (χ3n) is 2.60. The summed E-state index contributed by atoms with van der Waals surface area (Å²) in [6, 6.07) is 1.99. The molecule has 2 aromatic rings. The van der Waals surface area contributed by atoms with Crippen molar-refractivity contribution in [2.45, 2.75) is 19.9 Å². The summed E-state index contributed by atoms with van der Waals surface area (Å²) < 4.78 is 40.9. The molecule has 19 heavy (non-hydrogen) atoms. The van der Waals surface area contributed by atoms with Crippen molar-refractivity contribution in [1.82, 2.24) is 20.3 Å². The number of aromatic nitrogens is 3. The predicted molar refractivity (Wildman–Crippen MR) is 63.2 cm³/mol. The molecule has 0 saturated carbocycles. The molecule has 1 heterocycles. The molecule has 0 aliphatic carbocycles. The fraction of sp³-hybridized carbons (Fsp3) is 0.333. The highest BCUT2D eigenvalue weighted by molar-refractivity contribution is 5.35. The molecular formula is C12H13F3N4. The van der Waals surface area contributed by atoms with Gasteiger partial charge < -0.3 is 5.32 Å². The second-order valence-corrected chi connectivity index (χ2v) is 4.01. The Labute approximate surface area is 108 Å². The quantitative estimate of drug-likeness (QED) is 0.669. The van der Waals surface area contributed by atoms with Gasteiger partial charge in [-0.15, -0.1) is 5.10 Å². The Morgan fingerprint density at radius 2 is 2.00 bits per heavy atom. The van der Waals surface area contributed by atoms with Crippen LogP contribution < -0.4 is 5.32 Å². The first-order valence-corrected chi connectivity index (χ1v) is 5.89. The lowest BCUT2D eigenvalue weighted by Gasteiger charge is -2.08. The topological polar surface area (TPSA) is 42.7 Å². The Kier molecular flexibility index (Phi) is 4.16. The van der Waals surface area contributed by atoms with Crippen LogP contribution in [0, 0.1) is 17.5 Å². The molecule has 0 fully saturated rings. The van der Waals surface area contributed by atoms with Gasteiger partial charge in [0.2, 0.25) is 0 Å². The van der Waals surface area contributed by atoms with Crippen molar-refractivity contribution in [2.75, 3.05) is 6.54 Å². The number of nitrogens with one attached hydrogen (secondary N) is 1. The minimum atomic E-state index is -1.51. The van der Waals surface area contributed by atoms with Crippen LogP contribution >= 0.6 is 0 Å². The average Bonchev–Trinajstić information content (AvgIpc) is 2.85. The zero-order valence-corrected chi connectivity index (χ0v) is 10.3. The normalized spacial score (nSPS) is 10.9. The van der Waals surface area contributed by atoms with Crippen LogP contribution in [0.25, 0.3) is 5.69 Å². The number of hydrogen-bond donors (Lipinski definition) is 1. The van der Waals surface area contributed by atoms with E-state index in [4.69, 9.17) is 0 Å².